The van der Waals surface area contributed by atoms with Crippen molar-refractivity contribution in [2.24, 2.45) is 0 Å². The van der Waals surface area contributed by atoms with E-state index in [4.69, 9.17) is 11.6 Å². The number of halogens is 1. The fourth-order valence-corrected chi connectivity index (χ4v) is 0.817. The molecule has 1 rings (SSSR count). The Morgan fingerprint density at radius 3 is 1.45 bits per heavy atom. The van der Waals surface area contributed by atoms with E-state index in [1.807, 2.05) is 54.6 Å². The van der Waals surface area contributed by atoms with Crippen molar-refractivity contribution in [2.75, 3.05) is 0 Å². The molecule has 0 aliphatic rings. The first kappa shape index (κ1) is 8.09. The highest BCUT2D eigenvalue weighted by molar-refractivity contribution is 6.30. The Balaban J connectivity index is 3.11. The topological polar surface area (TPSA) is 0 Å². The highest BCUT2D eigenvalue weighted by Crippen LogP contribution is 2.01. The van der Waals surface area contributed by atoms with Crippen LogP contribution in [-0.4, -0.2) is 0 Å². The summed E-state index contributed by atoms with van der Waals surface area (Å²) >= 11 is 5.78. The molecule has 0 heterocycles. The Kier molecular flexibility index (Phi) is 3.49. The third kappa shape index (κ3) is 3.64. The van der Waals surface area contributed by atoms with Gasteiger partial charge in [0.05, 0.1) is 0 Å². The lowest BCUT2D eigenvalue weighted by atomic mass is 10.4. The van der Waals surface area contributed by atoms with Gasteiger partial charge in [0, 0.05) is 5.02 Å². The predicted molar refractivity (Wildman–Crippen MR) is 49.1 cm³/mol. The van der Waals surface area contributed by atoms with Crippen molar-refractivity contribution in [1.82, 2.24) is 0 Å². The SMILES string of the molecule is Clc1ccccccccc1. The normalized spacial score (nSPS) is 8.45. The van der Waals surface area contributed by atoms with Crippen LogP contribution < -0.4 is 0 Å². The summed E-state index contributed by atoms with van der Waals surface area (Å²) in [6.45, 7) is 0. The monoisotopic (exact) mass is 164 g/mol. The van der Waals surface area contributed by atoms with Gasteiger partial charge in [-0.3, -0.25) is 0 Å². The average molecular weight is 165 g/mol. The van der Waals surface area contributed by atoms with Gasteiger partial charge >= 0.3 is 0 Å². The highest BCUT2D eigenvalue weighted by atomic mass is 35.5. The molecule has 0 radical (unpaired) electrons. The summed E-state index contributed by atoms with van der Waals surface area (Å²) in [5.41, 5.74) is 0. The third-order valence-electron chi connectivity index (χ3n) is 1.18. The quantitative estimate of drug-likeness (QED) is 0.551. The largest absolute Gasteiger partial charge is 0.0843 e. The van der Waals surface area contributed by atoms with Crippen molar-refractivity contribution >= 4 is 11.6 Å². The van der Waals surface area contributed by atoms with Gasteiger partial charge in [0.15, 0.2) is 0 Å². The lowest BCUT2D eigenvalue weighted by Crippen LogP contribution is -1.53. The molecular formula is C10H9Cl. The van der Waals surface area contributed by atoms with E-state index in [0.717, 1.165) is 5.02 Å². The van der Waals surface area contributed by atoms with Crippen molar-refractivity contribution in [1.29, 1.82) is 0 Å². The molecule has 0 nitrogen and oxygen atoms in total. The Morgan fingerprint density at radius 1 is 0.636 bits per heavy atom. The molecule has 0 atom stereocenters. The molecule has 1 aromatic carbocycles. The van der Waals surface area contributed by atoms with Gasteiger partial charge in [-0.1, -0.05) is 54.1 Å². The summed E-state index contributed by atoms with van der Waals surface area (Å²) in [5.74, 6) is 0. The van der Waals surface area contributed by atoms with Crippen LogP contribution in [0.15, 0.2) is 54.6 Å². The van der Waals surface area contributed by atoms with Crippen LogP contribution in [0.5, 0.6) is 0 Å². The number of hydrogen-bond donors (Lipinski definition) is 0. The molecular weight excluding hydrogens is 156 g/mol. The Labute approximate surface area is 71.8 Å². The van der Waals surface area contributed by atoms with E-state index in [2.05, 4.69) is 0 Å². The standard InChI is InChI=1S/C10H9Cl/c11-10-8-6-4-2-1-3-5-7-9-10/h1-9H. The van der Waals surface area contributed by atoms with E-state index in [-0.39, 0.29) is 0 Å². The summed E-state index contributed by atoms with van der Waals surface area (Å²) in [6.07, 6.45) is 0. The maximum atomic E-state index is 5.78. The molecule has 1 aromatic rings. The Bertz CT molecular complexity index is 242. The van der Waals surface area contributed by atoms with Crippen molar-refractivity contribution in [2.45, 2.75) is 0 Å². The summed E-state index contributed by atoms with van der Waals surface area (Å²) in [6, 6.07) is 17.3. The maximum Gasteiger partial charge on any atom is 0.0405 e. The summed E-state index contributed by atoms with van der Waals surface area (Å²) in [4.78, 5) is 0. The molecule has 0 spiro atoms. The van der Waals surface area contributed by atoms with Crippen molar-refractivity contribution in [3.63, 3.8) is 0 Å². The Morgan fingerprint density at radius 2 is 1.00 bits per heavy atom. The van der Waals surface area contributed by atoms with Gasteiger partial charge in [0.1, 0.15) is 0 Å². The van der Waals surface area contributed by atoms with Crippen LogP contribution in [0.1, 0.15) is 0 Å². The van der Waals surface area contributed by atoms with E-state index >= 15 is 0 Å². The third-order valence-corrected chi connectivity index (χ3v) is 1.43. The molecule has 0 unspecified atom stereocenters. The molecule has 0 amide bonds. The van der Waals surface area contributed by atoms with Gasteiger partial charge < -0.3 is 0 Å². The number of rotatable bonds is 0. The minimum atomic E-state index is 0.737. The molecule has 11 heavy (non-hydrogen) atoms. The molecule has 0 aromatic heterocycles. The summed E-state index contributed by atoms with van der Waals surface area (Å²) in [7, 11) is 0. The zero-order valence-corrected chi connectivity index (χ0v) is 6.83. The lowest BCUT2D eigenvalue weighted by molar-refractivity contribution is 1.72. The van der Waals surface area contributed by atoms with Crippen LogP contribution in [0.4, 0.5) is 0 Å². The van der Waals surface area contributed by atoms with Crippen molar-refractivity contribution < 1.29 is 0 Å². The highest BCUT2D eigenvalue weighted by Gasteiger charge is 1.72. The van der Waals surface area contributed by atoms with Gasteiger partial charge in [-0.15, -0.1) is 0 Å². The molecule has 0 saturated heterocycles. The second kappa shape index (κ2) is 4.75. The van der Waals surface area contributed by atoms with Gasteiger partial charge in [-0.2, -0.15) is 0 Å². The first-order chi connectivity index (χ1) is 5.39. The molecule has 0 fully saturated rings. The zero-order chi connectivity index (χ0) is 7.94. The van der Waals surface area contributed by atoms with E-state index in [1.54, 1.807) is 0 Å². The van der Waals surface area contributed by atoms with Gasteiger partial charge in [-0.05, 0) is 12.1 Å². The maximum absolute atomic E-state index is 5.78. The first-order valence-electron chi connectivity index (χ1n) is 3.43. The second-order valence-corrected chi connectivity index (χ2v) is 2.50. The number of hydrogen-bond acceptors (Lipinski definition) is 0. The van der Waals surface area contributed by atoms with Gasteiger partial charge in [0.25, 0.3) is 0 Å². The van der Waals surface area contributed by atoms with Crippen molar-refractivity contribution in [3.05, 3.63) is 59.6 Å². The fourth-order valence-electron chi connectivity index (χ4n) is 0.671. The van der Waals surface area contributed by atoms with Crippen LogP contribution in [0.25, 0.3) is 0 Å². The van der Waals surface area contributed by atoms with E-state index in [0.29, 0.717) is 0 Å². The predicted octanol–water partition coefficient (Wildman–Crippen LogP) is 3.46. The molecule has 0 N–H and O–H groups in total. The van der Waals surface area contributed by atoms with Crippen molar-refractivity contribution in [3.8, 4) is 0 Å². The Hall–Kier alpha value is -1.01. The van der Waals surface area contributed by atoms with Gasteiger partial charge in [0.2, 0.25) is 0 Å². The molecule has 56 valence electrons. The van der Waals surface area contributed by atoms with Crippen LogP contribution in [0.2, 0.25) is 5.02 Å². The van der Waals surface area contributed by atoms with E-state index in [1.165, 1.54) is 0 Å². The second-order valence-electron chi connectivity index (χ2n) is 2.07. The fraction of sp³-hybridized carbons (Fsp3) is 0. The van der Waals surface area contributed by atoms with Crippen LogP contribution in [0.3, 0.4) is 0 Å². The van der Waals surface area contributed by atoms with Crippen LogP contribution in [0, 0.1) is 0 Å². The molecule has 0 aliphatic carbocycles. The minimum Gasteiger partial charge on any atom is -0.0843 e. The smallest absolute Gasteiger partial charge is 0.0405 e. The van der Waals surface area contributed by atoms with E-state index < -0.39 is 0 Å². The first-order valence-corrected chi connectivity index (χ1v) is 3.81. The average Bonchev–Trinajstić information content (AvgIpc) is 2.03. The van der Waals surface area contributed by atoms with Crippen LogP contribution in [-0.2, 0) is 0 Å². The summed E-state index contributed by atoms with van der Waals surface area (Å²) < 4.78 is 0. The molecule has 0 aliphatic heterocycles. The van der Waals surface area contributed by atoms with E-state index in [9.17, 15) is 0 Å². The summed E-state index contributed by atoms with van der Waals surface area (Å²) in [5, 5.41) is 0.737. The van der Waals surface area contributed by atoms with Crippen LogP contribution >= 0.6 is 11.6 Å². The lowest BCUT2D eigenvalue weighted by Gasteiger charge is -1.77. The zero-order valence-electron chi connectivity index (χ0n) is 6.07. The molecule has 0 saturated carbocycles. The molecule has 0 bridgehead atoms. The minimum absolute atomic E-state index is 0.737. The molecule has 1 heteroatoms. The van der Waals surface area contributed by atoms with Gasteiger partial charge in [-0.25, -0.2) is 0 Å².